The SMILES string of the molecule is CN1CCCN(c2cc(CO)nc3ccccc23)CC1. The summed E-state index contributed by atoms with van der Waals surface area (Å²) in [5, 5.41) is 10.6. The molecule has 4 heteroatoms. The number of likely N-dealkylation sites (N-methyl/N-ethyl adjacent to an activating group) is 1. The maximum Gasteiger partial charge on any atom is 0.0854 e. The van der Waals surface area contributed by atoms with Crippen LogP contribution in [0.2, 0.25) is 0 Å². The van der Waals surface area contributed by atoms with Crippen molar-refractivity contribution >= 4 is 16.6 Å². The zero-order chi connectivity index (χ0) is 13.9. The van der Waals surface area contributed by atoms with E-state index in [0.717, 1.165) is 37.4 Å². The first-order valence-corrected chi connectivity index (χ1v) is 7.21. The van der Waals surface area contributed by atoms with Gasteiger partial charge in [-0.25, -0.2) is 0 Å². The number of para-hydroxylation sites is 1. The molecule has 1 saturated heterocycles. The fourth-order valence-electron chi connectivity index (χ4n) is 2.84. The number of anilines is 1. The Morgan fingerprint density at radius 1 is 1.15 bits per heavy atom. The van der Waals surface area contributed by atoms with Gasteiger partial charge >= 0.3 is 0 Å². The Bertz CT molecular complexity index is 599. The fraction of sp³-hybridized carbons (Fsp3) is 0.438. The van der Waals surface area contributed by atoms with E-state index in [1.54, 1.807) is 0 Å². The first-order chi connectivity index (χ1) is 9.78. The summed E-state index contributed by atoms with van der Waals surface area (Å²) in [5.74, 6) is 0. The van der Waals surface area contributed by atoms with Gasteiger partial charge in [0.1, 0.15) is 0 Å². The lowest BCUT2D eigenvalue weighted by Gasteiger charge is -2.24. The summed E-state index contributed by atoms with van der Waals surface area (Å²) in [5.41, 5.74) is 2.91. The second-order valence-electron chi connectivity index (χ2n) is 5.45. The van der Waals surface area contributed by atoms with Crippen molar-refractivity contribution in [2.24, 2.45) is 0 Å². The van der Waals surface area contributed by atoms with Gasteiger partial charge in [0.2, 0.25) is 0 Å². The van der Waals surface area contributed by atoms with Crippen molar-refractivity contribution in [1.82, 2.24) is 9.88 Å². The van der Waals surface area contributed by atoms with Gasteiger partial charge in [0.15, 0.2) is 0 Å². The quantitative estimate of drug-likeness (QED) is 0.905. The van der Waals surface area contributed by atoms with Crippen molar-refractivity contribution in [2.45, 2.75) is 13.0 Å². The van der Waals surface area contributed by atoms with Crippen LogP contribution in [0, 0.1) is 0 Å². The Labute approximate surface area is 119 Å². The number of aliphatic hydroxyl groups is 1. The van der Waals surface area contributed by atoms with Gasteiger partial charge in [-0.1, -0.05) is 18.2 Å². The standard InChI is InChI=1S/C16H21N3O/c1-18-7-4-8-19(10-9-18)16-11-13(12-20)17-15-6-3-2-5-14(15)16/h2-3,5-6,11,20H,4,7-10,12H2,1H3. The number of hydrogen-bond acceptors (Lipinski definition) is 4. The second kappa shape index (κ2) is 5.77. The minimum absolute atomic E-state index is 0.00836. The van der Waals surface area contributed by atoms with Crippen molar-refractivity contribution in [3.63, 3.8) is 0 Å². The number of aliphatic hydroxyl groups excluding tert-OH is 1. The van der Waals surface area contributed by atoms with Gasteiger partial charge in [-0.3, -0.25) is 4.98 Å². The van der Waals surface area contributed by atoms with Gasteiger partial charge < -0.3 is 14.9 Å². The van der Waals surface area contributed by atoms with Gasteiger partial charge in [-0.05, 0) is 32.1 Å². The highest BCUT2D eigenvalue weighted by molar-refractivity contribution is 5.92. The monoisotopic (exact) mass is 271 g/mol. The highest BCUT2D eigenvalue weighted by Crippen LogP contribution is 2.27. The number of pyridine rings is 1. The Morgan fingerprint density at radius 2 is 2.00 bits per heavy atom. The second-order valence-corrected chi connectivity index (χ2v) is 5.45. The van der Waals surface area contributed by atoms with E-state index >= 15 is 0 Å². The zero-order valence-corrected chi connectivity index (χ0v) is 11.9. The fourth-order valence-corrected chi connectivity index (χ4v) is 2.84. The normalized spacial score (nSPS) is 17.4. The molecule has 0 bridgehead atoms. The topological polar surface area (TPSA) is 39.6 Å². The van der Waals surface area contributed by atoms with Crippen LogP contribution in [-0.4, -0.2) is 48.2 Å². The van der Waals surface area contributed by atoms with Crippen LogP contribution < -0.4 is 4.90 Å². The maximum absolute atomic E-state index is 9.43. The molecule has 1 aliphatic heterocycles. The van der Waals surface area contributed by atoms with Crippen LogP contribution in [0.15, 0.2) is 30.3 Å². The van der Waals surface area contributed by atoms with E-state index in [1.165, 1.54) is 17.5 Å². The predicted octanol–water partition coefficient (Wildman–Crippen LogP) is 1.87. The Morgan fingerprint density at radius 3 is 2.85 bits per heavy atom. The molecule has 0 aliphatic carbocycles. The van der Waals surface area contributed by atoms with Crippen LogP contribution >= 0.6 is 0 Å². The molecule has 1 aromatic heterocycles. The van der Waals surface area contributed by atoms with E-state index in [4.69, 9.17) is 0 Å². The maximum atomic E-state index is 9.43. The summed E-state index contributed by atoms with van der Waals surface area (Å²) < 4.78 is 0. The summed E-state index contributed by atoms with van der Waals surface area (Å²) in [6.45, 7) is 4.29. The number of hydrogen-bond donors (Lipinski definition) is 1. The molecule has 0 spiro atoms. The van der Waals surface area contributed by atoms with Crippen LogP contribution in [0.4, 0.5) is 5.69 Å². The third-order valence-electron chi connectivity index (χ3n) is 3.97. The molecule has 3 rings (SSSR count). The average molecular weight is 271 g/mol. The van der Waals surface area contributed by atoms with Crippen LogP contribution in [0.3, 0.4) is 0 Å². The lowest BCUT2D eigenvalue weighted by atomic mass is 10.1. The lowest BCUT2D eigenvalue weighted by molar-refractivity contribution is 0.277. The molecule has 2 aromatic rings. The minimum atomic E-state index is -0.00836. The number of fused-ring (bicyclic) bond motifs is 1. The van der Waals surface area contributed by atoms with Gasteiger partial charge in [0, 0.05) is 30.7 Å². The van der Waals surface area contributed by atoms with E-state index in [-0.39, 0.29) is 6.61 Å². The van der Waals surface area contributed by atoms with Crippen LogP contribution in [0.25, 0.3) is 10.9 Å². The molecule has 20 heavy (non-hydrogen) atoms. The van der Waals surface area contributed by atoms with Gasteiger partial charge in [0.25, 0.3) is 0 Å². The molecule has 1 N–H and O–H groups in total. The Hall–Kier alpha value is -1.65. The number of benzene rings is 1. The average Bonchev–Trinajstić information content (AvgIpc) is 2.71. The van der Waals surface area contributed by atoms with E-state index in [9.17, 15) is 5.11 Å². The third kappa shape index (κ3) is 2.62. The smallest absolute Gasteiger partial charge is 0.0854 e. The van der Waals surface area contributed by atoms with Crippen LogP contribution in [0.1, 0.15) is 12.1 Å². The lowest BCUT2D eigenvalue weighted by Crippen LogP contribution is -2.29. The summed E-state index contributed by atoms with van der Waals surface area (Å²) in [6, 6.07) is 10.2. The van der Waals surface area contributed by atoms with Gasteiger partial charge in [-0.15, -0.1) is 0 Å². The van der Waals surface area contributed by atoms with Gasteiger partial charge in [-0.2, -0.15) is 0 Å². The van der Waals surface area contributed by atoms with Crippen LogP contribution in [0.5, 0.6) is 0 Å². The third-order valence-corrected chi connectivity index (χ3v) is 3.97. The summed E-state index contributed by atoms with van der Waals surface area (Å²) in [7, 11) is 2.17. The molecular weight excluding hydrogens is 250 g/mol. The van der Waals surface area contributed by atoms with E-state index in [1.807, 2.05) is 18.2 Å². The van der Waals surface area contributed by atoms with Crippen molar-refractivity contribution in [2.75, 3.05) is 38.1 Å². The molecule has 2 heterocycles. The summed E-state index contributed by atoms with van der Waals surface area (Å²) in [6.07, 6.45) is 1.17. The molecule has 1 aromatic carbocycles. The number of rotatable bonds is 2. The molecule has 1 aliphatic rings. The van der Waals surface area contributed by atoms with Crippen molar-refractivity contribution < 1.29 is 5.11 Å². The molecule has 0 unspecified atom stereocenters. The minimum Gasteiger partial charge on any atom is -0.390 e. The molecular formula is C16H21N3O. The summed E-state index contributed by atoms with van der Waals surface area (Å²) in [4.78, 5) is 9.30. The van der Waals surface area contributed by atoms with E-state index in [0.29, 0.717) is 0 Å². The van der Waals surface area contributed by atoms with Gasteiger partial charge in [0.05, 0.1) is 17.8 Å². The highest BCUT2D eigenvalue weighted by Gasteiger charge is 2.16. The molecule has 0 atom stereocenters. The molecule has 106 valence electrons. The zero-order valence-electron chi connectivity index (χ0n) is 11.9. The Kier molecular flexibility index (Phi) is 3.85. The highest BCUT2D eigenvalue weighted by atomic mass is 16.3. The predicted molar refractivity (Wildman–Crippen MR) is 82.0 cm³/mol. The van der Waals surface area contributed by atoms with E-state index in [2.05, 4.69) is 34.0 Å². The molecule has 4 nitrogen and oxygen atoms in total. The molecule has 0 radical (unpaired) electrons. The Balaban J connectivity index is 2.04. The van der Waals surface area contributed by atoms with Crippen molar-refractivity contribution in [3.8, 4) is 0 Å². The largest absolute Gasteiger partial charge is 0.390 e. The summed E-state index contributed by atoms with van der Waals surface area (Å²) >= 11 is 0. The first-order valence-electron chi connectivity index (χ1n) is 7.21. The van der Waals surface area contributed by atoms with E-state index < -0.39 is 0 Å². The molecule has 0 amide bonds. The number of nitrogens with zero attached hydrogens (tertiary/aromatic N) is 3. The van der Waals surface area contributed by atoms with Crippen molar-refractivity contribution in [3.05, 3.63) is 36.0 Å². The molecule has 1 fully saturated rings. The van der Waals surface area contributed by atoms with Crippen LogP contribution in [-0.2, 0) is 6.61 Å². The van der Waals surface area contributed by atoms with Crippen molar-refractivity contribution in [1.29, 1.82) is 0 Å². The molecule has 0 saturated carbocycles. The first kappa shape index (κ1) is 13.3. The number of aromatic nitrogens is 1.